The van der Waals surface area contributed by atoms with Crippen LogP contribution in [0.4, 0.5) is 0 Å². The van der Waals surface area contributed by atoms with Gasteiger partial charge in [-0.15, -0.1) is 0 Å². The normalized spacial score (nSPS) is 18.9. The lowest BCUT2D eigenvalue weighted by molar-refractivity contribution is 0.187. The molecule has 86 valence electrons. The minimum Gasteiger partial charge on any atom is -0.324 e. The maximum absolute atomic E-state index is 11.2. The Labute approximate surface area is 83.9 Å². The first-order valence-electron chi connectivity index (χ1n) is 4.01. The summed E-state index contributed by atoms with van der Waals surface area (Å²) in [5.74, 6) is 0. The molecule has 0 radical (unpaired) electrons. The van der Waals surface area contributed by atoms with Crippen molar-refractivity contribution in [1.29, 1.82) is 0 Å². The highest BCUT2D eigenvalue weighted by atomic mass is 32.2. The second kappa shape index (κ2) is 5.23. The third-order valence-corrected chi connectivity index (χ3v) is 5.26. The first kappa shape index (κ1) is 14.1. The quantitative estimate of drug-likeness (QED) is 0.553. The van der Waals surface area contributed by atoms with Crippen LogP contribution in [0.15, 0.2) is 0 Å². The molecule has 6 nitrogen and oxygen atoms in total. The molecule has 0 aliphatic heterocycles. The lowest BCUT2D eigenvalue weighted by Gasteiger charge is -2.15. The molecule has 14 heavy (non-hydrogen) atoms. The lowest BCUT2D eigenvalue weighted by Crippen LogP contribution is -2.13. The number of hydrogen-bond acceptors (Lipinski definition) is 5. The standard InChI is InChI=1S/C6H15O6PS/c1-4-6(2)12-13(7,8)5-14(9,10)11-3/h6H,4-5H2,1-3H3,(H,7,8). The minimum absolute atomic E-state index is 0.460. The van der Waals surface area contributed by atoms with Gasteiger partial charge in [0.05, 0.1) is 13.2 Å². The van der Waals surface area contributed by atoms with Gasteiger partial charge in [0.15, 0.2) is 5.49 Å². The van der Waals surface area contributed by atoms with Crippen LogP contribution in [0.2, 0.25) is 0 Å². The molecule has 0 aliphatic carbocycles. The van der Waals surface area contributed by atoms with Gasteiger partial charge in [0.1, 0.15) is 0 Å². The van der Waals surface area contributed by atoms with E-state index in [0.717, 1.165) is 7.11 Å². The van der Waals surface area contributed by atoms with Gasteiger partial charge >= 0.3 is 7.60 Å². The Hall–Kier alpha value is 0.0600. The SMILES string of the molecule is CCC(C)OP(=O)(O)CS(=O)(=O)OC. The predicted octanol–water partition coefficient (Wildman–Crippen LogP) is 0.921. The van der Waals surface area contributed by atoms with Gasteiger partial charge < -0.3 is 9.42 Å². The summed E-state index contributed by atoms with van der Waals surface area (Å²) >= 11 is 0. The molecular formula is C6H15O6PS. The van der Waals surface area contributed by atoms with Crippen LogP contribution in [0, 0.1) is 0 Å². The molecule has 2 unspecified atom stereocenters. The topological polar surface area (TPSA) is 89.9 Å². The van der Waals surface area contributed by atoms with Crippen molar-refractivity contribution in [3.8, 4) is 0 Å². The molecule has 0 amide bonds. The molecule has 0 aromatic heterocycles. The minimum atomic E-state index is -4.12. The smallest absolute Gasteiger partial charge is 0.324 e. The third kappa shape index (κ3) is 5.72. The van der Waals surface area contributed by atoms with Crippen molar-refractivity contribution in [1.82, 2.24) is 0 Å². The molecule has 0 bridgehead atoms. The van der Waals surface area contributed by atoms with Gasteiger partial charge in [0.25, 0.3) is 10.1 Å². The fourth-order valence-electron chi connectivity index (χ4n) is 0.639. The third-order valence-electron chi connectivity index (χ3n) is 1.49. The summed E-state index contributed by atoms with van der Waals surface area (Å²) in [5, 5.41) is 0. The molecule has 0 spiro atoms. The second-order valence-electron chi connectivity index (χ2n) is 2.82. The fourth-order valence-corrected chi connectivity index (χ4v) is 3.61. The molecule has 0 rings (SSSR count). The summed E-state index contributed by atoms with van der Waals surface area (Å²) in [6.07, 6.45) is 0.0651. The molecule has 0 saturated carbocycles. The zero-order valence-corrected chi connectivity index (χ0v) is 10.0. The monoisotopic (exact) mass is 246 g/mol. The molecule has 0 aromatic rings. The molecule has 2 atom stereocenters. The summed E-state index contributed by atoms with van der Waals surface area (Å²) < 4.78 is 41.7. The van der Waals surface area contributed by atoms with Crippen LogP contribution in [-0.4, -0.2) is 32.0 Å². The number of hydrogen-bond donors (Lipinski definition) is 1. The van der Waals surface area contributed by atoms with E-state index in [1.165, 1.54) is 0 Å². The van der Waals surface area contributed by atoms with Gasteiger partial charge in [-0.25, -0.2) is 0 Å². The first-order valence-corrected chi connectivity index (χ1v) is 7.35. The molecular weight excluding hydrogens is 231 g/mol. The lowest BCUT2D eigenvalue weighted by atomic mass is 10.3. The van der Waals surface area contributed by atoms with Crippen LogP contribution < -0.4 is 0 Å². The van der Waals surface area contributed by atoms with Crippen molar-refractivity contribution in [3.63, 3.8) is 0 Å². The second-order valence-corrected chi connectivity index (χ2v) is 6.78. The van der Waals surface area contributed by atoms with Crippen LogP contribution in [0.3, 0.4) is 0 Å². The Morgan fingerprint density at radius 2 is 2.00 bits per heavy atom. The maximum Gasteiger partial charge on any atom is 0.345 e. The van der Waals surface area contributed by atoms with E-state index in [1.807, 2.05) is 0 Å². The van der Waals surface area contributed by atoms with Crippen LogP contribution >= 0.6 is 7.60 Å². The highest BCUT2D eigenvalue weighted by Crippen LogP contribution is 2.45. The van der Waals surface area contributed by atoms with Crippen LogP contribution in [-0.2, 0) is 23.4 Å². The van der Waals surface area contributed by atoms with Crippen molar-refractivity contribution in [2.45, 2.75) is 26.4 Å². The van der Waals surface area contributed by atoms with E-state index < -0.39 is 29.3 Å². The summed E-state index contributed by atoms with van der Waals surface area (Å²) in [7, 11) is -7.16. The molecule has 8 heteroatoms. The summed E-state index contributed by atoms with van der Waals surface area (Å²) in [6, 6.07) is 0. The van der Waals surface area contributed by atoms with Crippen LogP contribution in [0.5, 0.6) is 0 Å². The van der Waals surface area contributed by atoms with Gasteiger partial charge in [0.2, 0.25) is 0 Å². The Kier molecular flexibility index (Phi) is 5.25. The van der Waals surface area contributed by atoms with Crippen molar-refractivity contribution in [2.24, 2.45) is 0 Å². The zero-order chi connectivity index (χ0) is 11.4. The average Bonchev–Trinajstić information content (AvgIpc) is 2.01. The Bertz CT molecular complexity index is 310. The Morgan fingerprint density at radius 1 is 1.50 bits per heavy atom. The van der Waals surface area contributed by atoms with Crippen molar-refractivity contribution < 1.29 is 26.6 Å². The molecule has 1 N–H and O–H groups in total. The highest BCUT2D eigenvalue weighted by molar-refractivity contribution is 7.93. The average molecular weight is 246 g/mol. The Balaban J connectivity index is 4.43. The van der Waals surface area contributed by atoms with Crippen LogP contribution in [0.1, 0.15) is 20.3 Å². The summed E-state index contributed by atoms with van der Waals surface area (Å²) in [6.45, 7) is 3.35. The van der Waals surface area contributed by atoms with Gasteiger partial charge in [-0.2, -0.15) is 8.42 Å². The van der Waals surface area contributed by atoms with Crippen molar-refractivity contribution in [3.05, 3.63) is 0 Å². The van der Waals surface area contributed by atoms with E-state index in [-0.39, 0.29) is 0 Å². The van der Waals surface area contributed by atoms with Crippen LogP contribution in [0.25, 0.3) is 0 Å². The van der Waals surface area contributed by atoms with E-state index in [2.05, 4.69) is 8.71 Å². The maximum atomic E-state index is 11.2. The first-order chi connectivity index (χ1) is 6.22. The highest BCUT2D eigenvalue weighted by Gasteiger charge is 2.30. The molecule has 0 saturated heterocycles. The Morgan fingerprint density at radius 3 is 2.36 bits per heavy atom. The van der Waals surface area contributed by atoms with E-state index >= 15 is 0 Å². The molecule has 0 aromatic carbocycles. The van der Waals surface area contributed by atoms with E-state index in [1.54, 1.807) is 13.8 Å². The van der Waals surface area contributed by atoms with Crippen molar-refractivity contribution in [2.75, 3.05) is 12.6 Å². The number of rotatable bonds is 6. The predicted molar refractivity (Wildman–Crippen MR) is 51.5 cm³/mol. The molecule has 0 aliphatic rings. The fraction of sp³-hybridized carbons (Fsp3) is 1.00. The molecule has 0 fully saturated rings. The zero-order valence-electron chi connectivity index (χ0n) is 8.34. The van der Waals surface area contributed by atoms with Gasteiger partial charge in [-0.1, -0.05) is 6.92 Å². The van der Waals surface area contributed by atoms with E-state index in [4.69, 9.17) is 4.89 Å². The van der Waals surface area contributed by atoms with Gasteiger partial charge in [-0.05, 0) is 13.3 Å². The van der Waals surface area contributed by atoms with Crippen molar-refractivity contribution >= 4 is 17.7 Å². The van der Waals surface area contributed by atoms with Gasteiger partial charge in [0, 0.05) is 0 Å². The molecule has 0 heterocycles. The van der Waals surface area contributed by atoms with Gasteiger partial charge in [-0.3, -0.25) is 8.75 Å². The summed E-state index contributed by atoms with van der Waals surface area (Å²) in [5.41, 5.74) is -1.01. The summed E-state index contributed by atoms with van der Waals surface area (Å²) in [4.78, 5) is 9.16. The largest absolute Gasteiger partial charge is 0.345 e. The van der Waals surface area contributed by atoms with E-state index in [0.29, 0.717) is 6.42 Å². The van der Waals surface area contributed by atoms with E-state index in [9.17, 15) is 13.0 Å².